The van der Waals surface area contributed by atoms with Crippen LogP contribution in [0.25, 0.3) is 0 Å². The molecule has 0 aliphatic carbocycles. The van der Waals surface area contributed by atoms with E-state index in [-0.39, 0.29) is 0 Å². The van der Waals surface area contributed by atoms with E-state index in [1.54, 1.807) is 0 Å². The van der Waals surface area contributed by atoms with Crippen LogP contribution in [0.3, 0.4) is 0 Å². The summed E-state index contributed by atoms with van der Waals surface area (Å²) in [5.41, 5.74) is 0. The zero-order valence-corrected chi connectivity index (χ0v) is 7.46. The summed E-state index contributed by atoms with van der Waals surface area (Å²) in [6.45, 7) is 2.06. The summed E-state index contributed by atoms with van der Waals surface area (Å²) in [5, 5.41) is 0. The zero-order valence-electron chi connectivity index (χ0n) is 5.95. The van der Waals surface area contributed by atoms with Crippen molar-refractivity contribution in [2.75, 3.05) is 13.1 Å². The molecule has 0 aromatic carbocycles. The van der Waals surface area contributed by atoms with Crippen LogP contribution in [0.4, 0.5) is 0 Å². The SMILES string of the molecule is ClC(Cl)=[N+]1CCCCCC1. The second-order valence-corrected chi connectivity index (χ2v) is 3.55. The fraction of sp³-hybridized carbons (Fsp3) is 0.857. The highest BCUT2D eigenvalue weighted by Crippen LogP contribution is 2.07. The minimum atomic E-state index is 0.432. The molecule has 1 saturated heterocycles. The number of hydrogen-bond acceptors (Lipinski definition) is 0. The Morgan fingerprint density at radius 2 is 1.40 bits per heavy atom. The first-order valence-electron chi connectivity index (χ1n) is 3.73. The summed E-state index contributed by atoms with van der Waals surface area (Å²) in [5.74, 6) is 0. The molecule has 0 aromatic heterocycles. The molecule has 1 aliphatic rings. The van der Waals surface area contributed by atoms with Crippen LogP contribution in [0, 0.1) is 0 Å². The highest BCUT2D eigenvalue weighted by molar-refractivity contribution is 6.94. The maximum atomic E-state index is 5.64. The molecule has 1 heterocycles. The molecule has 0 N–H and O–H groups in total. The van der Waals surface area contributed by atoms with Gasteiger partial charge in [0.25, 0.3) is 0 Å². The van der Waals surface area contributed by atoms with E-state index in [1.807, 2.05) is 4.58 Å². The predicted molar refractivity (Wildman–Crippen MR) is 45.2 cm³/mol. The van der Waals surface area contributed by atoms with Crippen LogP contribution >= 0.6 is 23.2 Å². The van der Waals surface area contributed by atoms with Gasteiger partial charge in [0.2, 0.25) is 0 Å². The van der Waals surface area contributed by atoms with Gasteiger partial charge in [0.1, 0.15) is 13.1 Å². The van der Waals surface area contributed by atoms with E-state index in [2.05, 4.69) is 0 Å². The van der Waals surface area contributed by atoms with Gasteiger partial charge in [0.15, 0.2) is 0 Å². The first-order chi connectivity index (χ1) is 4.80. The summed E-state index contributed by atoms with van der Waals surface area (Å²) in [6, 6.07) is 0. The zero-order chi connectivity index (χ0) is 7.40. The fourth-order valence-electron chi connectivity index (χ4n) is 1.24. The third kappa shape index (κ3) is 2.47. The van der Waals surface area contributed by atoms with Crippen LogP contribution in [-0.2, 0) is 0 Å². The van der Waals surface area contributed by atoms with Gasteiger partial charge in [-0.05, 0) is 12.8 Å². The first kappa shape index (κ1) is 8.35. The molecule has 10 heavy (non-hydrogen) atoms. The quantitative estimate of drug-likeness (QED) is 0.505. The molecule has 0 saturated carbocycles. The molecule has 1 fully saturated rings. The Labute approximate surface area is 71.6 Å². The van der Waals surface area contributed by atoms with Crippen molar-refractivity contribution in [2.45, 2.75) is 25.7 Å². The Morgan fingerprint density at radius 3 is 1.80 bits per heavy atom. The summed E-state index contributed by atoms with van der Waals surface area (Å²) in [4.78, 5) is 0. The summed E-state index contributed by atoms with van der Waals surface area (Å²) < 4.78 is 2.47. The molecule has 0 bridgehead atoms. The topological polar surface area (TPSA) is 3.01 Å². The Kier molecular flexibility index (Phi) is 3.50. The van der Waals surface area contributed by atoms with Gasteiger partial charge in [-0.3, -0.25) is 0 Å². The first-order valence-corrected chi connectivity index (χ1v) is 4.49. The van der Waals surface area contributed by atoms with Crippen molar-refractivity contribution in [3.63, 3.8) is 0 Å². The van der Waals surface area contributed by atoms with Crippen molar-refractivity contribution >= 4 is 27.8 Å². The standard InChI is InChI=1S/C7H12Cl2N/c8-7(9)10-5-3-1-2-4-6-10/h1-6H2/q+1. The molecule has 1 aliphatic heterocycles. The molecule has 0 radical (unpaired) electrons. The van der Waals surface area contributed by atoms with Gasteiger partial charge in [-0.25, -0.2) is 4.58 Å². The van der Waals surface area contributed by atoms with Crippen molar-refractivity contribution < 1.29 is 4.58 Å². The molecule has 0 spiro atoms. The molecule has 3 heteroatoms. The second kappa shape index (κ2) is 4.20. The average molecular weight is 181 g/mol. The third-order valence-electron chi connectivity index (χ3n) is 1.85. The highest BCUT2D eigenvalue weighted by Gasteiger charge is 2.12. The maximum Gasteiger partial charge on any atom is 0.341 e. The van der Waals surface area contributed by atoms with Gasteiger partial charge in [-0.1, -0.05) is 0 Å². The lowest BCUT2D eigenvalue weighted by Gasteiger charge is -1.95. The maximum absolute atomic E-state index is 5.64. The third-order valence-corrected chi connectivity index (χ3v) is 2.32. The van der Waals surface area contributed by atoms with Gasteiger partial charge in [-0.2, -0.15) is 0 Å². The second-order valence-electron chi connectivity index (χ2n) is 2.64. The lowest BCUT2D eigenvalue weighted by atomic mass is 10.2. The molecule has 58 valence electrons. The van der Waals surface area contributed by atoms with Gasteiger partial charge in [0.05, 0.1) is 0 Å². The Balaban J connectivity index is 2.51. The van der Waals surface area contributed by atoms with Crippen molar-refractivity contribution in [1.29, 1.82) is 0 Å². The van der Waals surface area contributed by atoms with Crippen molar-refractivity contribution in [2.24, 2.45) is 0 Å². The summed E-state index contributed by atoms with van der Waals surface area (Å²) in [6.07, 6.45) is 5.08. The molecule has 1 nitrogen and oxygen atoms in total. The van der Waals surface area contributed by atoms with E-state index < -0.39 is 0 Å². The van der Waals surface area contributed by atoms with Crippen molar-refractivity contribution in [3.05, 3.63) is 0 Å². The lowest BCUT2D eigenvalue weighted by Crippen LogP contribution is -2.15. The van der Waals surface area contributed by atoms with Crippen LogP contribution in [0.5, 0.6) is 0 Å². The number of rotatable bonds is 0. The molecule has 0 amide bonds. The number of hydrogen-bond donors (Lipinski definition) is 0. The highest BCUT2D eigenvalue weighted by atomic mass is 35.5. The summed E-state index contributed by atoms with van der Waals surface area (Å²) in [7, 11) is 0. The lowest BCUT2D eigenvalue weighted by molar-refractivity contribution is -0.521. The molecule has 0 atom stereocenters. The minimum Gasteiger partial charge on any atom is -0.210 e. The van der Waals surface area contributed by atoms with E-state index in [0.717, 1.165) is 13.1 Å². The van der Waals surface area contributed by atoms with Crippen molar-refractivity contribution in [1.82, 2.24) is 0 Å². The molecular formula is C7H12Cl2N+. The largest absolute Gasteiger partial charge is 0.341 e. The predicted octanol–water partition coefficient (Wildman–Crippen LogP) is 2.41. The smallest absolute Gasteiger partial charge is 0.210 e. The van der Waals surface area contributed by atoms with E-state index in [4.69, 9.17) is 23.2 Å². The Morgan fingerprint density at radius 1 is 0.900 bits per heavy atom. The Bertz CT molecular complexity index is 129. The van der Waals surface area contributed by atoms with E-state index in [0.29, 0.717) is 4.63 Å². The average Bonchev–Trinajstić information content (AvgIpc) is 2.12. The van der Waals surface area contributed by atoms with E-state index >= 15 is 0 Å². The molecule has 0 aromatic rings. The van der Waals surface area contributed by atoms with Crippen LogP contribution < -0.4 is 0 Å². The minimum absolute atomic E-state index is 0.432. The van der Waals surface area contributed by atoms with Gasteiger partial charge >= 0.3 is 4.63 Å². The van der Waals surface area contributed by atoms with Crippen LogP contribution in [0.15, 0.2) is 0 Å². The molecule has 0 unspecified atom stereocenters. The monoisotopic (exact) mass is 180 g/mol. The molecular weight excluding hydrogens is 169 g/mol. The number of nitrogens with zero attached hydrogens (tertiary/aromatic N) is 1. The van der Waals surface area contributed by atoms with Gasteiger partial charge in [-0.15, -0.1) is 0 Å². The van der Waals surface area contributed by atoms with Gasteiger partial charge < -0.3 is 0 Å². The normalized spacial score (nSPS) is 20.4. The van der Waals surface area contributed by atoms with Crippen LogP contribution in [0.1, 0.15) is 25.7 Å². The fourth-order valence-corrected chi connectivity index (χ4v) is 1.58. The summed E-state index contributed by atoms with van der Waals surface area (Å²) >= 11 is 11.3. The van der Waals surface area contributed by atoms with Crippen molar-refractivity contribution in [3.8, 4) is 0 Å². The van der Waals surface area contributed by atoms with Gasteiger partial charge in [0, 0.05) is 36.0 Å². The Hall–Kier alpha value is 0.250. The van der Waals surface area contributed by atoms with Crippen LogP contribution in [0.2, 0.25) is 0 Å². The van der Waals surface area contributed by atoms with E-state index in [1.165, 1.54) is 25.7 Å². The number of halogens is 2. The van der Waals surface area contributed by atoms with E-state index in [9.17, 15) is 0 Å². The van der Waals surface area contributed by atoms with Crippen LogP contribution in [-0.4, -0.2) is 22.3 Å². The molecule has 1 rings (SSSR count).